The Morgan fingerprint density at radius 3 is 2.04 bits per heavy atom. The number of likely N-dealkylation sites (N-methyl/N-ethyl adjacent to an activating group) is 1. The minimum atomic E-state index is -0.472. The zero-order valence-corrected chi connectivity index (χ0v) is 14.9. The second-order valence-electron chi connectivity index (χ2n) is 6.38. The SMILES string of the molecule is CCN(C(=O)OCC1c2ccccc2-c2ccccc21)[C@H](C)C(C)=O. The molecule has 2 aromatic carbocycles. The predicted octanol–water partition coefficient (Wildman–Crippen LogP) is 4.23. The van der Waals surface area contributed by atoms with Crippen LogP contribution in [0.2, 0.25) is 0 Å². The third kappa shape index (κ3) is 3.16. The van der Waals surface area contributed by atoms with Gasteiger partial charge in [-0.15, -0.1) is 0 Å². The summed E-state index contributed by atoms with van der Waals surface area (Å²) in [5.74, 6) is -0.0157. The summed E-state index contributed by atoms with van der Waals surface area (Å²) >= 11 is 0. The number of amides is 1. The first-order valence-corrected chi connectivity index (χ1v) is 8.66. The van der Waals surface area contributed by atoms with Crippen molar-refractivity contribution in [3.63, 3.8) is 0 Å². The molecule has 4 nitrogen and oxygen atoms in total. The third-order valence-electron chi connectivity index (χ3n) is 4.97. The number of ether oxygens (including phenoxy) is 1. The number of hydrogen-bond donors (Lipinski definition) is 0. The van der Waals surface area contributed by atoms with Crippen LogP contribution in [0.1, 0.15) is 37.8 Å². The highest BCUT2D eigenvalue weighted by atomic mass is 16.6. The molecule has 0 aromatic heterocycles. The summed E-state index contributed by atoms with van der Waals surface area (Å²) in [4.78, 5) is 25.5. The summed E-state index contributed by atoms with van der Waals surface area (Å²) < 4.78 is 5.60. The van der Waals surface area contributed by atoms with E-state index >= 15 is 0 Å². The number of benzene rings is 2. The van der Waals surface area contributed by atoms with Crippen molar-refractivity contribution in [1.29, 1.82) is 0 Å². The van der Waals surface area contributed by atoms with E-state index in [1.807, 2.05) is 31.2 Å². The van der Waals surface area contributed by atoms with E-state index in [2.05, 4.69) is 24.3 Å². The standard InChI is InChI=1S/C21H23NO3/c1-4-22(14(2)15(3)23)21(24)25-13-20-18-11-7-5-9-16(18)17-10-6-8-12-19(17)20/h5-12,14,20H,4,13H2,1-3H3/t14-/m1/s1. The van der Waals surface area contributed by atoms with E-state index < -0.39 is 12.1 Å². The van der Waals surface area contributed by atoms with Crippen molar-refractivity contribution in [2.75, 3.05) is 13.2 Å². The monoisotopic (exact) mass is 337 g/mol. The number of ketones is 1. The van der Waals surface area contributed by atoms with Gasteiger partial charge in [-0.1, -0.05) is 48.5 Å². The Morgan fingerprint density at radius 2 is 1.56 bits per heavy atom. The van der Waals surface area contributed by atoms with Gasteiger partial charge in [0.25, 0.3) is 0 Å². The number of rotatable bonds is 5. The summed E-state index contributed by atoms with van der Waals surface area (Å²) in [6.07, 6.45) is -0.438. The minimum absolute atomic E-state index is 0.0303. The van der Waals surface area contributed by atoms with E-state index in [-0.39, 0.29) is 18.3 Å². The molecule has 1 aliphatic carbocycles. The molecule has 0 N–H and O–H groups in total. The normalized spacial score (nSPS) is 13.7. The number of carbonyl (C=O) groups is 2. The van der Waals surface area contributed by atoms with Gasteiger partial charge >= 0.3 is 6.09 Å². The molecule has 130 valence electrons. The fourth-order valence-corrected chi connectivity index (χ4v) is 3.46. The molecule has 0 heterocycles. The summed E-state index contributed by atoms with van der Waals surface area (Å²) in [7, 11) is 0. The van der Waals surface area contributed by atoms with Crippen molar-refractivity contribution in [2.24, 2.45) is 0 Å². The van der Waals surface area contributed by atoms with Crippen LogP contribution in [0.3, 0.4) is 0 Å². The van der Waals surface area contributed by atoms with Crippen LogP contribution in [0.4, 0.5) is 4.79 Å². The molecule has 1 atom stereocenters. The quantitative estimate of drug-likeness (QED) is 0.820. The molecule has 0 saturated heterocycles. The van der Waals surface area contributed by atoms with Gasteiger partial charge < -0.3 is 4.74 Å². The van der Waals surface area contributed by atoms with Crippen LogP contribution >= 0.6 is 0 Å². The molecule has 0 unspecified atom stereocenters. The van der Waals surface area contributed by atoms with E-state index in [4.69, 9.17) is 4.74 Å². The molecule has 1 aliphatic rings. The maximum atomic E-state index is 12.5. The van der Waals surface area contributed by atoms with Gasteiger partial charge in [-0.3, -0.25) is 9.69 Å². The van der Waals surface area contributed by atoms with Gasteiger partial charge in [0, 0.05) is 12.5 Å². The zero-order chi connectivity index (χ0) is 18.0. The summed E-state index contributed by atoms with van der Waals surface area (Å²) in [6, 6.07) is 16.0. The Labute approximate surface area is 148 Å². The van der Waals surface area contributed by atoms with Gasteiger partial charge in [0.05, 0.1) is 6.04 Å². The number of nitrogens with zero attached hydrogens (tertiary/aromatic N) is 1. The average molecular weight is 337 g/mol. The number of hydrogen-bond acceptors (Lipinski definition) is 3. The van der Waals surface area contributed by atoms with Gasteiger partial charge in [0.15, 0.2) is 5.78 Å². The molecule has 0 bridgehead atoms. The average Bonchev–Trinajstić information content (AvgIpc) is 2.94. The minimum Gasteiger partial charge on any atom is -0.448 e. The Bertz CT molecular complexity index is 754. The Kier molecular flexibility index (Phi) is 4.88. The molecule has 0 spiro atoms. The van der Waals surface area contributed by atoms with Crippen LogP contribution in [0.15, 0.2) is 48.5 Å². The molecule has 4 heteroatoms. The highest BCUT2D eigenvalue weighted by Crippen LogP contribution is 2.44. The number of Topliss-reactive ketones (excluding diaryl/α,β-unsaturated/α-hetero) is 1. The first-order valence-electron chi connectivity index (χ1n) is 8.66. The maximum Gasteiger partial charge on any atom is 0.410 e. The van der Waals surface area contributed by atoms with Gasteiger partial charge in [0.2, 0.25) is 0 Å². The Balaban J connectivity index is 1.79. The maximum absolute atomic E-state index is 12.5. The van der Waals surface area contributed by atoms with E-state index in [1.165, 1.54) is 34.1 Å². The van der Waals surface area contributed by atoms with Crippen LogP contribution in [-0.4, -0.2) is 36.0 Å². The lowest BCUT2D eigenvalue weighted by Crippen LogP contribution is -2.42. The second kappa shape index (κ2) is 7.09. The van der Waals surface area contributed by atoms with Crippen LogP contribution in [0.5, 0.6) is 0 Å². The molecule has 3 rings (SSSR count). The molecule has 0 saturated carbocycles. The molecule has 0 aliphatic heterocycles. The smallest absolute Gasteiger partial charge is 0.410 e. The zero-order valence-electron chi connectivity index (χ0n) is 14.9. The van der Waals surface area contributed by atoms with Crippen molar-refractivity contribution in [1.82, 2.24) is 4.90 Å². The predicted molar refractivity (Wildman–Crippen MR) is 97.6 cm³/mol. The topological polar surface area (TPSA) is 46.6 Å². The van der Waals surface area contributed by atoms with Gasteiger partial charge in [-0.2, -0.15) is 0 Å². The fourth-order valence-electron chi connectivity index (χ4n) is 3.46. The molecular weight excluding hydrogens is 314 g/mol. The number of fused-ring (bicyclic) bond motifs is 3. The molecule has 0 radical (unpaired) electrons. The van der Waals surface area contributed by atoms with Crippen LogP contribution in [0, 0.1) is 0 Å². The number of carbonyl (C=O) groups excluding carboxylic acids is 2. The Hall–Kier alpha value is -2.62. The molecule has 1 amide bonds. The lowest BCUT2D eigenvalue weighted by Gasteiger charge is -2.26. The lowest BCUT2D eigenvalue weighted by atomic mass is 9.98. The molecule has 25 heavy (non-hydrogen) atoms. The van der Waals surface area contributed by atoms with Crippen LogP contribution in [-0.2, 0) is 9.53 Å². The summed E-state index contributed by atoms with van der Waals surface area (Å²) in [5, 5.41) is 0. The highest BCUT2D eigenvalue weighted by Gasteiger charge is 2.30. The van der Waals surface area contributed by atoms with E-state index in [0.29, 0.717) is 6.54 Å². The van der Waals surface area contributed by atoms with Gasteiger partial charge in [-0.05, 0) is 43.0 Å². The van der Waals surface area contributed by atoms with Gasteiger partial charge in [-0.25, -0.2) is 4.79 Å². The Morgan fingerprint density at radius 1 is 1.04 bits per heavy atom. The van der Waals surface area contributed by atoms with Crippen molar-refractivity contribution in [2.45, 2.75) is 32.7 Å². The third-order valence-corrected chi connectivity index (χ3v) is 4.97. The van der Waals surface area contributed by atoms with Crippen LogP contribution < -0.4 is 0 Å². The van der Waals surface area contributed by atoms with E-state index in [9.17, 15) is 9.59 Å². The first-order chi connectivity index (χ1) is 12.0. The van der Waals surface area contributed by atoms with Crippen molar-refractivity contribution >= 4 is 11.9 Å². The highest BCUT2D eigenvalue weighted by molar-refractivity contribution is 5.85. The molecule has 2 aromatic rings. The first kappa shape index (κ1) is 17.2. The van der Waals surface area contributed by atoms with Crippen LogP contribution in [0.25, 0.3) is 11.1 Å². The molecular formula is C21H23NO3. The fraction of sp³-hybridized carbons (Fsp3) is 0.333. The van der Waals surface area contributed by atoms with E-state index in [1.54, 1.807) is 6.92 Å². The molecule has 0 fully saturated rings. The van der Waals surface area contributed by atoms with Gasteiger partial charge in [0.1, 0.15) is 6.61 Å². The summed E-state index contributed by atoms with van der Waals surface area (Å²) in [6.45, 7) is 5.78. The lowest BCUT2D eigenvalue weighted by molar-refractivity contribution is -0.121. The van der Waals surface area contributed by atoms with Crippen molar-refractivity contribution < 1.29 is 14.3 Å². The largest absolute Gasteiger partial charge is 0.448 e. The van der Waals surface area contributed by atoms with E-state index in [0.717, 1.165) is 0 Å². The van der Waals surface area contributed by atoms with Crippen molar-refractivity contribution in [3.05, 3.63) is 59.7 Å². The summed E-state index contributed by atoms with van der Waals surface area (Å²) in [5.41, 5.74) is 4.76. The second-order valence-corrected chi connectivity index (χ2v) is 6.38. The van der Waals surface area contributed by atoms with Crippen molar-refractivity contribution in [3.8, 4) is 11.1 Å².